The number of halogens is 3. The van der Waals surface area contributed by atoms with Gasteiger partial charge in [-0.3, -0.25) is 13.9 Å². The SMILES string of the molecule is C[C@@H](C(=O)NC(C)(C)C)N(Cc1ccc(Cl)c(Cl)c1)C(=O)CCCN(c1cccc(Cl)c1)S(C)(=O)=O. The Kier molecular flexibility index (Phi) is 10.5. The summed E-state index contributed by atoms with van der Waals surface area (Å²) in [6.07, 6.45) is 1.37. The molecule has 198 valence electrons. The van der Waals surface area contributed by atoms with Gasteiger partial charge in [0.05, 0.1) is 22.0 Å². The maximum atomic E-state index is 13.3. The zero-order valence-electron chi connectivity index (χ0n) is 21.0. The van der Waals surface area contributed by atoms with Gasteiger partial charge in [0, 0.05) is 30.1 Å². The summed E-state index contributed by atoms with van der Waals surface area (Å²) in [5.74, 6) is -0.593. The Labute approximate surface area is 228 Å². The molecule has 0 aromatic heterocycles. The van der Waals surface area contributed by atoms with Crippen molar-refractivity contribution >= 4 is 62.3 Å². The van der Waals surface area contributed by atoms with Crippen molar-refractivity contribution in [1.82, 2.24) is 10.2 Å². The monoisotopic (exact) mass is 575 g/mol. The topological polar surface area (TPSA) is 86.8 Å². The summed E-state index contributed by atoms with van der Waals surface area (Å²) in [7, 11) is -3.60. The van der Waals surface area contributed by atoms with E-state index >= 15 is 0 Å². The molecule has 0 bridgehead atoms. The first kappa shape index (κ1) is 30.2. The summed E-state index contributed by atoms with van der Waals surface area (Å²) in [5, 5.41) is 4.04. The minimum Gasteiger partial charge on any atom is -0.350 e. The van der Waals surface area contributed by atoms with Crippen LogP contribution < -0.4 is 9.62 Å². The predicted octanol–water partition coefficient (Wildman–Crippen LogP) is 5.53. The zero-order chi connectivity index (χ0) is 27.3. The van der Waals surface area contributed by atoms with Gasteiger partial charge in [-0.05, 0) is 70.0 Å². The van der Waals surface area contributed by atoms with Crippen LogP contribution in [0.1, 0.15) is 46.1 Å². The maximum absolute atomic E-state index is 13.3. The number of nitrogens with one attached hydrogen (secondary N) is 1. The Bertz CT molecular complexity index is 1200. The van der Waals surface area contributed by atoms with E-state index in [2.05, 4.69) is 5.32 Å². The Balaban J connectivity index is 2.22. The normalized spacial score (nSPS) is 12.7. The summed E-state index contributed by atoms with van der Waals surface area (Å²) in [6, 6.07) is 10.8. The third-order valence-electron chi connectivity index (χ3n) is 5.25. The molecular formula is C25H32Cl3N3O4S. The molecule has 0 aliphatic rings. The van der Waals surface area contributed by atoms with Gasteiger partial charge in [-0.2, -0.15) is 0 Å². The smallest absolute Gasteiger partial charge is 0.242 e. The van der Waals surface area contributed by atoms with Gasteiger partial charge in [-0.15, -0.1) is 0 Å². The fraction of sp³-hybridized carbons (Fsp3) is 0.440. The van der Waals surface area contributed by atoms with Crippen molar-refractivity contribution < 1.29 is 18.0 Å². The molecule has 0 radical (unpaired) electrons. The molecule has 0 aliphatic heterocycles. The molecule has 2 aromatic rings. The van der Waals surface area contributed by atoms with Gasteiger partial charge in [0.2, 0.25) is 21.8 Å². The lowest BCUT2D eigenvalue weighted by molar-refractivity contribution is -0.141. The summed E-state index contributed by atoms with van der Waals surface area (Å²) in [5.41, 5.74) is 0.657. The Morgan fingerprint density at radius 1 is 1.03 bits per heavy atom. The Morgan fingerprint density at radius 3 is 2.25 bits per heavy atom. The molecule has 0 saturated carbocycles. The van der Waals surface area contributed by atoms with Crippen molar-refractivity contribution in [1.29, 1.82) is 0 Å². The van der Waals surface area contributed by atoms with E-state index in [0.29, 0.717) is 26.3 Å². The van der Waals surface area contributed by atoms with Crippen LogP contribution in [0.15, 0.2) is 42.5 Å². The van der Waals surface area contributed by atoms with Crippen molar-refractivity contribution in [2.45, 2.75) is 58.7 Å². The molecule has 0 spiro atoms. The van der Waals surface area contributed by atoms with Crippen LogP contribution in [-0.2, 0) is 26.2 Å². The summed E-state index contributed by atoms with van der Waals surface area (Å²) >= 11 is 18.2. The Hall–Kier alpha value is -2.00. The van der Waals surface area contributed by atoms with Gasteiger partial charge in [0.25, 0.3) is 0 Å². The minimum absolute atomic E-state index is 0.0288. The molecule has 1 N–H and O–H groups in total. The van der Waals surface area contributed by atoms with Gasteiger partial charge in [0.1, 0.15) is 6.04 Å². The standard InChI is InChI=1S/C25H32Cl3N3O4S/c1-17(24(33)29-25(2,3)4)30(16-18-11-12-21(27)22(28)14-18)23(32)10-7-13-31(36(5,34)35)20-9-6-8-19(26)15-20/h6,8-9,11-12,14-15,17H,7,10,13,16H2,1-5H3,(H,29,33)/t17-/m0/s1. The lowest BCUT2D eigenvalue weighted by Crippen LogP contribution is -2.52. The molecule has 2 rings (SSSR count). The minimum atomic E-state index is -3.60. The molecule has 0 fully saturated rings. The van der Waals surface area contributed by atoms with E-state index in [0.717, 1.165) is 6.26 Å². The van der Waals surface area contributed by atoms with Gasteiger partial charge in [0.15, 0.2) is 0 Å². The highest BCUT2D eigenvalue weighted by Gasteiger charge is 2.28. The highest BCUT2D eigenvalue weighted by molar-refractivity contribution is 7.92. The van der Waals surface area contributed by atoms with Crippen LogP contribution in [-0.4, -0.2) is 49.5 Å². The number of sulfonamides is 1. The van der Waals surface area contributed by atoms with Crippen LogP contribution in [0.2, 0.25) is 15.1 Å². The van der Waals surface area contributed by atoms with Gasteiger partial charge in [-0.25, -0.2) is 8.42 Å². The predicted molar refractivity (Wildman–Crippen MR) is 147 cm³/mol. The second-order valence-electron chi connectivity index (χ2n) is 9.60. The van der Waals surface area contributed by atoms with Gasteiger partial charge < -0.3 is 10.2 Å². The number of anilines is 1. The number of carbonyl (C=O) groups excluding carboxylic acids is 2. The number of hydrogen-bond donors (Lipinski definition) is 1. The summed E-state index contributed by atoms with van der Waals surface area (Å²) in [4.78, 5) is 27.7. The van der Waals surface area contributed by atoms with E-state index in [-0.39, 0.29) is 37.7 Å². The van der Waals surface area contributed by atoms with Crippen LogP contribution in [0.5, 0.6) is 0 Å². The van der Waals surface area contributed by atoms with Crippen LogP contribution in [0.4, 0.5) is 5.69 Å². The van der Waals surface area contributed by atoms with Crippen molar-refractivity contribution in [2.75, 3.05) is 17.1 Å². The van der Waals surface area contributed by atoms with Crippen molar-refractivity contribution in [3.8, 4) is 0 Å². The lowest BCUT2D eigenvalue weighted by Gasteiger charge is -2.32. The average molecular weight is 577 g/mol. The van der Waals surface area contributed by atoms with E-state index in [4.69, 9.17) is 34.8 Å². The fourth-order valence-electron chi connectivity index (χ4n) is 3.53. The average Bonchev–Trinajstić information content (AvgIpc) is 2.74. The van der Waals surface area contributed by atoms with E-state index in [1.54, 1.807) is 49.4 Å². The molecule has 36 heavy (non-hydrogen) atoms. The molecule has 2 aromatic carbocycles. The first-order valence-electron chi connectivity index (χ1n) is 11.4. The van der Waals surface area contributed by atoms with Crippen LogP contribution in [0.25, 0.3) is 0 Å². The van der Waals surface area contributed by atoms with E-state index < -0.39 is 21.6 Å². The van der Waals surface area contributed by atoms with E-state index in [1.807, 2.05) is 20.8 Å². The number of benzene rings is 2. The van der Waals surface area contributed by atoms with Gasteiger partial charge in [-0.1, -0.05) is 46.9 Å². The molecule has 0 saturated heterocycles. The van der Waals surface area contributed by atoms with E-state index in [9.17, 15) is 18.0 Å². The highest BCUT2D eigenvalue weighted by atomic mass is 35.5. The highest BCUT2D eigenvalue weighted by Crippen LogP contribution is 2.25. The number of nitrogens with zero attached hydrogens (tertiary/aromatic N) is 2. The molecule has 11 heteroatoms. The maximum Gasteiger partial charge on any atom is 0.242 e. The molecule has 1 atom stereocenters. The second-order valence-corrected chi connectivity index (χ2v) is 12.8. The van der Waals surface area contributed by atoms with Crippen molar-refractivity contribution in [2.24, 2.45) is 0 Å². The first-order valence-corrected chi connectivity index (χ1v) is 14.4. The van der Waals surface area contributed by atoms with Crippen LogP contribution >= 0.6 is 34.8 Å². The second kappa shape index (κ2) is 12.5. The summed E-state index contributed by atoms with van der Waals surface area (Å²) < 4.78 is 26.0. The van der Waals surface area contributed by atoms with Crippen LogP contribution in [0, 0.1) is 0 Å². The third kappa shape index (κ3) is 9.14. The molecule has 0 unspecified atom stereocenters. The quantitative estimate of drug-likeness (QED) is 0.403. The third-order valence-corrected chi connectivity index (χ3v) is 7.42. The molecular weight excluding hydrogens is 545 g/mol. The number of hydrogen-bond acceptors (Lipinski definition) is 4. The molecule has 7 nitrogen and oxygen atoms in total. The van der Waals surface area contributed by atoms with Gasteiger partial charge >= 0.3 is 0 Å². The molecule has 2 amide bonds. The zero-order valence-corrected chi connectivity index (χ0v) is 24.1. The molecule has 0 aliphatic carbocycles. The first-order chi connectivity index (χ1) is 16.6. The fourth-order valence-corrected chi connectivity index (χ4v) is 4.99. The van der Waals surface area contributed by atoms with Crippen molar-refractivity contribution in [3.63, 3.8) is 0 Å². The van der Waals surface area contributed by atoms with Crippen LogP contribution in [0.3, 0.4) is 0 Å². The number of amides is 2. The summed E-state index contributed by atoms with van der Waals surface area (Å²) in [6.45, 7) is 7.45. The van der Waals surface area contributed by atoms with Crippen molar-refractivity contribution in [3.05, 3.63) is 63.1 Å². The largest absolute Gasteiger partial charge is 0.350 e. The molecule has 0 heterocycles. The number of rotatable bonds is 10. The lowest BCUT2D eigenvalue weighted by atomic mass is 10.1. The van der Waals surface area contributed by atoms with E-state index in [1.165, 1.54) is 9.21 Å². The Morgan fingerprint density at radius 2 is 1.69 bits per heavy atom. The number of carbonyl (C=O) groups is 2.